The number of likely N-dealkylation sites (tertiary alicyclic amines) is 1. The second-order valence-electron chi connectivity index (χ2n) is 8.44. The Morgan fingerprint density at radius 2 is 1.70 bits per heavy atom. The quantitative estimate of drug-likeness (QED) is 0.638. The zero-order valence-corrected chi connectivity index (χ0v) is 21.2. The van der Waals surface area contributed by atoms with Crippen molar-refractivity contribution < 1.29 is 23.1 Å². The molecule has 2 aliphatic heterocycles. The average Bonchev–Trinajstić information content (AvgIpc) is 2.82. The molecule has 2 aromatic rings. The molecule has 0 aliphatic carbocycles. The number of ether oxygens (including phenoxy) is 1. The highest BCUT2D eigenvalue weighted by atomic mass is 32.2. The normalized spacial score (nSPS) is 24.6. The Kier molecular flexibility index (Phi) is 7.63. The second-order valence-corrected chi connectivity index (χ2v) is 13.3. The Morgan fingerprint density at radius 1 is 1.06 bits per heavy atom. The highest BCUT2D eigenvalue weighted by molar-refractivity contribution is 8.17. The molecule has 0 bridgehead atoms. The molecule has 6 nitrogen and oxygen atoms in total. The van der Waals surface area contributed by atoms with Crippen LogP contribution in [-0.2, 0) is 21.2 Å². The van der Waals surface area contributed by atoms with Crippen LogP contribution in [0.15, 0.2) is 53.4 Å². The Hall–Kier alpha value is -1.68. The molecule has 1 amide bonds. The maximum Gasteiger partial charge on any atom is 0.225 e. The number of nitrogens with zero attached hydrogens (tertiary/aromatic N) is 1. The average molecular weight is 508 g/mol. The Bertz CT molecular complexity index is 1070. The third-order valence-electron chi connectivity index (χ3n) is 6.19. The third kappa shape index (κ3) is 5.21. The summed E-state index contributed by atoms with van der Waals surface area (Å²) < 4.78 is 32.8. The lowest BCUT2D eigenvalue weighted by Gasteiger charge is -2.45. The minimum absolute atomic E-state index is 0.0364. The number of carbonyl (C=O) groups is 1. The molecule has 0 radical (unpaired) electrons. The summed E-state index contributed by atoms with van der Waals surface area (Å²) in [7, 11) is -2.30. The number of thioether (sulfide) groups is 2. The smallest absolute Gasteiger partial charge is 0.225 e. The number of hydrogen-bond acceptors (Lipinski definition) is 7. The first-order chi connectivity index (χ1) is 15.8. The summed E-state index contributed by atoms with van der Waals surface area (Å²) >= 11 is 3.41. The summed E-state index contributed by atoms with van der Waals surface area (Å²) in [4.78, 5) is 14.7. The van der Waals surface area contributed by atoms with E-state index in [0.29, 0.717) is 5.75 Å². The van der Waals surface area contributed by atoms with E-state index in [4.69, 9.17) is 4.74 Å². The van der Waals surface area contributed by atoms with Gasteiger partial charge in [0.15, 0.2) is 9.84 Å². The number of hydrogen-bond donors (Lipinski definition) is 1. The lowest BCUT2D eigenvalue weighted by atomic mass is 9.95. The number of aliphatic hydroxyl groups is 1. The molecule has 4 rings (SSSR count). The van der Waals surface area contributed by atoms with Gasteiger partial charge in [0.1, 0.15) is 17.2 Å². The minimum Gasteiger partial charge on any atom is -0.497 e. The summed E-state index contributed by atoms with van der Waals surface area (Å²) in [6.45, 7) is 2.04. The number of amides is 1. The van der Waals surface area contributed by atoms with Gasteiger partial charge in [-0.05, 0) is 54.7 Å². The van der Waals surface area contributed by atoms with Gasteiger partial charge >= 0.3 is 0 Å². The Balaban J connectivity index is 1.68. The van der Waals surface area contributed by atoms with E-state index in [9.17, 15) is 18.3 Å². The van der Waals surface area contributed by atoms with Crippen LogP contribution in [0, 0.1) is 12.8 Å². The highest BCUT2D eigenvalue weighted by Crippen LogP contribution is 2.45. The van der Waals surface area contributed by atoms with Crippen LogP contribution >= 0.6 is 23.5 Å². The molecule has 3 atom stereocenters. The van der Waals surface area contributed by atoms with Crippen LogP contribution in [0.2, 0.25) is 0 Å². The Morgan fingerprint density at radius 3 is 2.30 bits per heavy atom. The number of benzene rings is 2. The van der Waals surface area contributed by atoms with Crippen LogP contribution in [-0.4, -0.2) is 59.0 Å². The van der Waals surface area contributed by atoms with Crippen LogP contribution < -0.4 is 4.74 Å². The fourth-order valence-electron chi connectivity index (χ4n) is 4.37. The summed E-state index contributed by atoms with van der Waals surface area (Å²) in [5, 5.41) is 10.3. The first kappa shape index (κ1) is 24.4. The van der Waals surface area contributed by atoms with E-state index in [-0.39, 0.29) is 28.4 Å². The van der Waals surface area contributed by atoms with Crippen LogP contribution in [0.4, 0.5) is 0 Å². The number of aryl methyl sites for hydroxylation is 1. The maximum absolute atomic E-state index is 13.8. The van der Waals surface area contributed by atoms with Gasteiger partial charge in [-0.1, -0.05) is 29.8 Å². The number of aliphatic hydroxyl groups excluding tert-OH is 1. The van der Waals surface area contributed by atoms with Crippen molar-refractivity contribution in [2.45, 2.75) is 47.3 Å². The van der Waals surface area contributed by atoms with Gasteiger partial charge in [-0.15, -0.1) is 23.5 Å². The molecule has 2 saturated heterocycles. The summed E-state index contributed by atoms with van der Waals surface area (Å²) in [6, 6.07) is 13.9. The zero-order chi connectivity index (χ0) is 23.6. The first-order valence-electron chi connectivity index (χ1n) is 11.0. The summed E-state index contributed by atoms with van der Waals surface area (Å²) in [5.41, 5.74) is 1.76. The fraction of sp³-hybridized carbons (Fsp3) is 0.458. The largest absolute Gasteiger partial charge is 0.497 e. The van der Waals surface area contributed by atoms with Crippen molar-refractivity contribution >= 4 is 39.3 Å². The van der Waals surface area contributed by atoms with Crippen molar-refractivity contribution in [1.29, 1.82) is 0 Å². The molecule has 9 heteroatoms. The molecule has 2 fully saturated rings. The van der Waals surface area contributed by atoms with Gasteiger partial charge in [-0.25, -0.2) is 8.42 Å². The van der Waals surface area contributed by atoms with Gasteiger partial charge in [0.05, 0.1) is 16.6 Å². The van der Waals surface area contributed by atoms with Crippen molar-refractivity contribution in [1.82, 2.24) is 4.90 Å². The zero-order valence-electron chi connectivity index (χ0n) is 18.7. The molecule has 2 aromatic carbocycles. The SMILES string of the molecule is COc1ccc(CN2C(=O)CC(C3SCCCS3)C(S(=O)(=O)c3ccc(C)cc3)C2O)cc1. The van der Waals surface area contributed by atoms with E-state index in [2.05, 4.69) is 0 Å². The number of rotatable bonds is 6. The highest BCUT2D eigenvalue weighted by Gasteiger charge is 2.51. The summed E-state index contributed by atoms with van der Waals surface area (Å²) in [5.74, 6) is 1.89. The lowest BCUT2D eigenvalue weighted by molar-refractivity contribution is -0.150. The molecule has 3 unspecified atom stereocenters. The number of carbonyl (C=O) groups excluding carboxylic acids is 1. The van der Waals surface area contributed by atoms with E-state index >= 15 is 0 Å². The van der Waals surface area contributed by atoms with E-state index in [0.717, 1.165) is 29.1 Å². The van der Waals surface area contributed by atoms with Crippen LogP contribution in [0.25, 0.3) is 0 Å². The van der Waals surface area contributed by atoms with Gasteiger partial charge in [-0.3, -0.25) is 4.79 Å². The molecular formula is C24H29NO5S3. The molecule has 1 N–H and O–H groups in total. The number of sulfone groups is 1. The molecule has 178 valence electrons. The van der Waals surface area contributed by atoms with Gasteiger partial charge in [0.2, 0.25) is 5.91 Å². The molecule has 33 heavy (non-hydrogen) atoms. The first-order valence-corrected chi connectivity index (χ1v) is 14.6. The van der Waals surface area contributed by atoms with Gasteiger partial charge < -0.3 is 14.7 Å². The van der Waals surface area contributed by atoms with Gasteiger partial charge in [-0.2, -0.15) is 0 Å². The van der Waals surface area contributed by atoms with Crippen LogP contribution in [0.5, 0.6) is 5.75 Å². The van der Waals surface area contributed by atoms with Crippen molar-refractivity contribution in [2.24, 2.45) is 5.92 Å². The number of methoxy groups -OCH3 is 1. The number of piperidine rings is 1. The lowest BCUT2D eigenvalue weighted by Crippen LogP contribution is -2.59. The van der Waals surface area contributed by atoms with Crippen molar-refractivity contribution in [3.05, 3.63) is 59.7 Å². The van der Waals surface area contributed by atoms with Gasteiger partial charge in [0, 0.05) is 18.9 Å². The molecule has 0 aromatic heterocycles. The predicted molar refractivity (Wildman–Crippen MR) is 133 cm³/mol. The monoisotopic (exact) mass is 507 g/mol. The molecule has 0 spiro atoms. The fourth-order valence-corrected chi connectivity index (χ4v) is 9.84. The van der Waals surface area contributed by atoms with E-state index in [1.165, 1.54) is 4.90 Å². The molecule has 2 aliphatic rings. The maximum atomic E-state index is 13.8. The van der Waals surface area contributed by atoms with Crippen LogP contribution in [0.3, 0.4) is 0 Å². The van der Waals surface area contributed by atoms with E-state index < -0.39 is 27.2 Å². The van der Waals surface area contributed by atoms with Crippen molar-refractivity contribution in [3.8, 4) is 5.75 Å². The van der Waals surface area contributed by atoms with Crippen molar-refractivity contribution in [3.63, 3.8) is 0 Å². The minimum atomic E-state index is -3.88. The Labute approximate surface area is 204 Å². The molecular weight excluding hydrogens is 478 g/mol. The standard InChI is InChI=1S/C24H29NO5S3/c1-16-4-10-19(11-5-16)33(28,29)22-20(24-31-12-3-13-32-24)14-21(26)25(23(22)27)15-17-6-8-18(30-2)9-7-17/h4-11,20,22-24,27H,3,12-15H2,1-2H3. The van der Waals surface area contributed by atoms with Crippen molar-refractivity contribution in [2.75, 3.05) is 18.6 Å². The molecule has 2 heterocycles. The van der Waals surface area contributed by atoms with Crippen LogP contribution in [0.1, 0.15) is 24.0 Å². The van der Waals surface area contributed by atoms with E-state index in [1.54, 1.807) is 67.0 Å². The second kappa shape index (κ2) is 10.3. The predicted octanol–water partition coefficient (Wildman–Crippen LogP) is 3.71. The third-order valence-corrected chi connectivity index (χ3v) is 11.6. The topological polar surface area (TPSA) is 83.9 Å². The summed E-state index contributed by atoms with van der Waals surface area (Å²) in [6.07, 6.45) is -0.255. The van der Waals surface area contributed by atoms with Gasteiger partial charge in [0.25, 0.3) is 0 Å². The van der Waals surface area contributed by atoms with E-state index in [1.807, 2.05) is 19.1 Å². The molecule has 0 saturated carbocycles.